The monoisotopic (exact) mass is 341 g/mol. The molecule has 0 unspecified atom stereocenters. The van der Waals surface area contributed by atoms with Crippen LogP contribution in [0.5, 0.6) is 0 Å². The summed E-state index contributed by atoms with van der Waals surface area (Å²) in [5, 5.41) is 7.22. The maximum absolute atomic E-state index is 12.4. The van der Waals surface area contributed by atoms with E-state index < -0.39 is 0 Å². The van der Waals surface area contributed by atoms with E-state index in [1.807, 2.05) is 40.7 Å². The lowest BCUT2D eigenvalue weighted by Gasteiger charge is -2.14. The molecule has 0 aromatic carbocycles. The molecule has 3 aromatic rings. The summed E-state index contributed by atoms with van der Waals surface area (Å²) in [5.74, 6) is 2.29. The third-order valence-corrected chi connectivity index (χ3v) is 4.51. The fraction of sp³-hybridized carbons (Fsp3) is 0.444. The van der Waals surface area contributed by atoms with E-state index in [1.165, 1.54) is 6.33 Å². The molecule has 1 atom stereocenters. The van der Waals surface area contributed by atoms with Crippen molar-refractivity contribution in [3.05, 3.63) is 46.4 Å². The van der Waals surface area contributed by atoms with Crippen LogP contribution in [0.15, 0.2) is 16.8 Å². The Kier molecular flexibility index (Phi) is 4.57. The van der Waals surface area contributed by atoms with E-state index >= 15 is 0 Å². The number of amides is 1. The van der Waals surface area contributed by atoms with E-state index in [0.29, 0.717) is 18.6 Å². The molecule has 132 valence electrons. The van der Waals surface area contributed by atoms with Crippen molar-refractivity contribution in [1.82, 2.24) is 24.9 Å². The number of carbonyl (C=O) groups excluding carboxylic acids is 1. The molecular weight excluding hydrogens is 318 g/mol. The van der Waals surface area contributed by atoms with Crippen LogP contribution in [0.2, 0.25) is 0 Å². The van der Waals surface area contributed by atoms with Gasteiger partial charge < -0.3 is 9.73 Å². The molecule has 0 bridgehead atoms. The zero-order valence-corrected chi connectivity index (χ0v) is 15.3. The largest absolute Gasteiger partial charge is 0.466 e. The summed E-state index contributed by atoms with van der Waals surface area (Å²) in [5.41, 5.74) is 3.92. The molecule has 7 heteroatoms. The van der Waals surface area contributed by atoms with Gasteiger partial charge in [0.25, 0.3) is 5.78 Å². The smallest absolute Gasteiger partial charge is 0.252 e. The van der Waals surface area contributed by atoms with Gasteiger partial charge in [0.1, 0.15) is 17.8 Å². The number of rotatable bonds is 5. The van der Waals surface area contributed by atoms with Gasteiger partial charge in [-0.3, -0.25) is 4.79 Å². The lowest BCUT2D eigenvalue weighted by molar-refractivity contribution is -0.121. The molecule has 0 saturated carbocycles. The van der Waals surface area contributed by atoms with Crippen molar-refractivity contribution in [2.45, 2.75) is 53.5 Å². The van der Waals surface area contributed by atoms with E-state index in [-0.39, 0.29) is 11.9 Å². The van der Waals surface area contributed by atoms with Crippen LogP contribution < -0.4 is 5.32 Å². The van der Waals surface area contributed by atoms with Gasteiger partial charge in [-0.2, -0.15) is 10.1 Å². The Morgan fingerprint density at radius 3 is 2.76 bits per heavy atom. The van der Waals surface area contributed by atoms with Crippen LogP contribution in [0, 0.1) is 27.7 Å². The van der Waals surface area contributed by atoms with E-state index in [9.17, 15) is 4.79 Å². The number of hydrogen-bond acceptors (Lipinski definition) is 5. The number of furan rings is 1. The Labute approximate surface area is 146 Å². The van der Waals surface area contributed by atoms with Crippen molar-refractivity contribution in [3.8, 4) is 0 Å². The van der Waals surface area contributed by atoms with Gasteiger partial charge in [-0.05, 0) is 52.7 Å². The molecule has 3 rings (SSSR count). The van der Waals surface area contributed by atoms with Crippen LogP contribution >= 0.6 is 0 Å². The Balaban J connectivity index is 1.67. The molecule has 0 fully saturated rings. The number of hydrogen-bond donors (Lipinski definition) is 1. The minimum Gasteiger partial charge on any atom is -0.466 e. The summed E-state index contributed by atoms with van der Waals surface area (Å²) >= 11 is 0. The lowest BCUT2D eigenvalue weighted by Crippen LogP contribution is -2.27. The van der Waals surface area contributed by atoms with Gasteiger partial charge in [0.05, 0.1) is 6.04 Å². The summed E-state index contributed by atoms with van der Waals surface area (Å²) in [4.78, 5) is 20.9. The second-order valence-corrected chi connectivity index (χ2v) is 6.39. The third-order valence-electron chi connectivity index (χ3n) is 4.51. The van der Waals surface area contributed by atoms with Gasteiger partial charge in [-0.25, -0.2) is 9.50 Å². The van der Waals surface area contributed by atoms with Gasteiger partial charge in [0, 0.05) is 23.4 Å². The van der Waals surface area contributed by atoms with Gasteiger partial charge >= 0.3 is 0 Å². The quantitative estimate of drug-likeness (QED) is 0.771. The molecule has 0 aliphatic carbocycles. The van der Waals surface area contributed by atoms with E-state index in [2.05, 4.69) is 20.4 Å². The van der Waals surface area contributed by atoms with Gasteiger partial charge in [-0.1, -0.05) is 0 Å². The van der Waals surface area contributed by atoms with Crippen LogP contribution in [0.4, 0.5) is 0 Å². The first-order chi connectivity index (χ1) is 11.9. The first-order valence-corrected chi connectivity index (χ1v) is 8.39. The molecule has 0 aliphatic rings. The molecule has 3 aromatic heterocycles. The number of carbonyl (C=O) groups is 1. The maximum atomic E-state index is 12.4. The zero-order valence-electron chi connectivity index (χ0n) is 15.3. The van der Waals surface area contributed by atoms with Gasteiger partial charge in [0.2, 0.25) is 5.91 Å². The summed E-state index contributed by atoms with van der Waals surface area (Å²) in [6.07, 6.45) is 2.49. The van der Waals surface area contributed by atoms with Crippen LogP contribution in [0.3, 0.4) is 0 Å². The van der Waals surface area contributed by atoms with Crippen molar-refractivity contribution in [1.29, 1.82) is 0 Å². The molecule has 1 N–H and O–H groups in total. The first kappa shape index (κ1) is 17.1. The van der Waals surface area contributed by atoms with Crippen LogP contribution in [0.25, 0.3) is 5.78 Å². The summed E-state index contributed by atoms with van der Waals surface area (Å²) in [7, 11) is 0. The predicted octanol–water partition coefficient (Wildman–Crippen LogP) is 2.76. The van der Waals surface area contributed by atoms with Crippen molar-refractivity contribution < 1.29 is 9.21 Å². The van der Waals surface area contributed by atoms with E-state index in [1.54, 1.807) is 4.52 Å². The van der Waals surface area contributed by atoms with Crippen molar-refractivity contribution in [2.24, 2.45) is 0 Å². The van der Waals surface area contributed by atoms with Crippen LogP contribution in [-0.2, 0) is 11.2 Å². The average Bonchev–Trinajstić information content (AvgIpc) is 3.13. The number of nitrogens with zero attached hydrogens (tertiary/aromatic N) is 4. The average molecular weight is 341 g/mol. The first-order valence-electron chi connectivity index (χ1n) is 8.39. The SMILES string of the molecule is Cc1cc([C@H](C)NC(=O)CCc2c(C)nc3ncnn3c2C)c(C)o1. The zero-order chi connectivity index (χ0) is 18.1. The number of aromatic nitrogens is 4. The summed E-state index contributed by atoms with van der Waals surface area (Å²) < 4.78 is 7.24. The second kappa shape index (κ2) is 6.66. The Morgan fingerprint density at radius 2 is 2.08 bits per heavy atom. The number of fused-ring (bicyclic) bond motifs is 1. The number of nitrogens with one attached hydrogen (secondary N) is 1. The molecule has 0 radical (unpaired) electrons. The predicted molar refractivity (Wildman–Crippen MR) is 93.3 cm³/mol. The lowest BCUT2D eigenvalue weighted by atomic mass is 10.1. The van der Waals surface area contributed by atoms with E-state index in [4.69, 9.17) is 4.42 Å². The number of aryl methyl sites for hydroxylation is 4. The minimum atomic E-state index is -0.0805. The Bertz CT molecular complexity index is 925. The summed E-state index contributed by atoms with van der Waals surface area (Å²) in [6, 6.07) is 1.89. The topological polar surface area (TPSA) is 85.3 Å². The highest BCUT2D eigenvalue weighted by atomic mass is 16.3. The maximum Gasteiger partial charge on any atom is 0.252 e. The molecule has 0 saturated heterocycles. The molecule has 0 spiro atoms. The highest BCUT2D eigenvalue weighted by Crippen LogP contribution is 2.21. The Hall–Kier alpha value is -2.70. The molecular formula is C18H23N5O2. The molecule has 7 nitrogen and oxygen atoms in total. The minimum absolute atomic E-state index is 0.00300. The van der Waals surface area contributed by atoms with Crippen LogP contribution in [0.1, 0.15) is 53.4 Å². The summed E-state index contributed by atoms with van der Waals surface area (Å²) in [6.45, 7) is 9.70. The van der Waals surface area contributed by atoms with Crippen molar-refractivity contribution in [2.75, 3.05) is 0 Å². The highest BCUT2D eigenvalue weighted by molar-refractivity contribution is 5.76. The van der Waals surface area contributed by atoms with Crippen molar-refractivity contribution >= 4 is 11.7 Å². The molecule has 3 heterocycles. The Morgan fingerprint density at radius 1 is 1.32 bits per heavy atom. The van der Waals surface area contributed by atoms with E-state index in [0.717, 1.165) is 34.0 Å². The second-order valence-electron chi connectivity index (χ2n) is 6.39. The van der Waals surface area contributed by atoms with Gasteiger partial charge in [0.15, 0.2) is 0 Å². The highest BCUT2D eigenvalue weighted by Gasteiger charge is 2.16. The van der Waals surface area contributed by atoms with Crippen molar-refractivity contribution in [3.63, 3.8) is 0 Å². The molecule has 25 heavy (non-hydrogen) atoms. The fourth-order valence-corrected chi connectivity index (χ4v) is 3.23. The standard InChI is InChI=1S/C18H23N5O2/c1-10-8-16(14(5)25-10)12(3)21-17(24)7-6-15-11(2)22-18-19-9-20-23(18)13(15)4/h8-9,12H,6-7H2,1-5H3,(H,21,24)/t12-/m0/s1. The van der Waals surface area contributed by atoms with Crippen LogP contribution in [-0.4, -0.2) is 25.5 Å². The molecule has 0 aliphatic heterocycles. The van der Waals surface area contributed by atoms with Gasteiger partial charge in [-0.15, -0.1) is 0 Å². The normalized spacial score (nSPS) is 12.5. The third kappa shape index (κ3) is 3.40. The fourth-order valence-electron chi connectivity index (χ4n) is 3.23. The molecule has 1 amide bonds.